The number of anilines is 3. The zero-order chi connectivity index (χ0) is 34.0. The maximum Gasteiger partial charge on any atom is 0.0554 e. The molecule has 1 nitrogen and oxygen atoms in total. The van der Waals surface area contributed by atoms with E-state index in [2.05, 4.69) is 157 Å². The van der Waals surface area contributed by atoms with E-state index in [-0.39, 0.29) is 5.41 Å². The molecule has 1 aromatic heterocycles. The molecule has 2 heteroatoms. The zero-order valence-corrected chi connectivity index (χ0v) is 30.0. The second-order valence-electron chi connectivity index (χ2n) is 16.1. The van der Waals surface area contributed by atoms with Gasteiger partial charge in [-0.05, 0) is 155 Å². The third-order valence-electron chi connectivity index (χ3n) is 13.6. The van der Waals surface area contributed by atoms with Crippen LogP contribution in [0.3, 0.4) is 0 Å². The average molecular weight is 686 g/mol. The molecule has 0 saturated heterocycles. The molecule has 7 aromatic carbocycles. The Morgan fingerprint density at radius 3 is 2.02 bits per heavy atom. The van der Waals surface area contributed by atoms with E-state index in [1.165, 1.54) is 102 Å². The van der Waals surface area contributed by atoms with E-state index in [4.69, 9.17) is 0 Å². The van der Waals surface area contributed by atoms with Gasteiger partial charge in [0.15, 0.2) is 0 Å². The molecule has 1 spiro atoms. The Labute approximate surface area is 309 Å². The number of para-hydroxylation sites is 1. The number of hydrogen-bond donors (Lipinski definition) is 0. The SMILES string of the molecule is c1ccc(N(c2ccc3cc(-c4ccc5c(c4)C4(c6ccccc6-5)C5CC6CC(C5)CC4C6)ccc3c2)c2cccc3sc4ccccc4c23)cc1. The van der Waals surface area contributed by atoms with Gasteiger partial charge >= 0.3 is 0 Å². The van der Waals surface area contributed by atoms with Crippen molar-refractivity contribution in [3.8, 4) is 22.3 Å². The molecule has 250 valence electrons. The summed E-state index contributed by atoms with van der Waals surface area (Å²) >= 11 is 1.88. The van der Waals surface area contributed by atoms with Crippen LogP contribution in [0.5, 0.6) is 0 Å². The fraction of sp³-hybridized carbons (Fsp3) is 0.200. The highest BCUT2D eigenvalue weighted by molar-refractivity contribution is 7.26. The highest BCUT2D eigenvalue weighted by Gasteiger charge is 2.61. The standard InChI is InChI=1S/C50H39NS/c1-2-9-39(10-3-1)51(46-14-8-16-48-49(46)43-12-5-7-15-47(43)52-48)40-21-19-34-28-33(17-18-35(34)29-40)36-20-22-42-41-11-4-6-13-44(41)50(45(42)30-36)37-24-31-23-32(26-37)27-38(50)25-31/h1-22,28-32,37-38H,23-27H2. The average Bonchev–Trinajstić information content (AvgIpc) is 3.71. The van der Waals surface area contributed by atoms with E-state index < -0.39 is 0 Å². The largest absolute Gasteiger partial charge is 0.310 e. The van der Waals surface area contributed by atoms with E-state index in [0.29, 0.717) is 0 Å². The van der Waals surface area contributed by atoms with Crippen molar-refractivity contribution in [3.63, 3.8) is 0 Å². The molecule has 0 aliphatic heterocycles. The number of rotatable bonds is 4. The summed E-state index contributed by atoms with van der Waals surface area (Å²) < 4.78 is 2.65. The highest BCUT2D eigenvalue weighted by atomic mass is 32.1. The lowest BCUT2D eigenvalue weighted by Gasteiger charge is -2.61. The van der Waals surface area contributed by atoms with Crippen LogP contribution >= 0.6 is 11.3 Å². The molecule has 0 amide bonds. The van der Waals surface area contributed by atoms with Gasteiger partial charge in [-0.1, -0.05) is 97.1 Å². The quantitative estimate of drug-likeness (QED) is 0.178. The van der Waals surface area contributed by atoms with Crippen molar-refractivity contribution >= 4 is 59.3 Å². The Morgan fingerprint density at radius 1 is 0.481 bits per heavy atom. The number of nitrogens with zero attached hydrogens (tertiary/aromatic N) is 1. The molecule has 0 unspecified atom stereocenters. The summed E-state index contributed by atoms with van der Waals surface area (Å²) in [6, 6.07) is 57.5. The second kappa shape index (κ2) is 10.9. The number of hydrogen-bond acceptors (Lipinski definition) is 2. The minimum absolute atomic E-state index is 0.193. The Kier molecular flexibility index (Phi) is 6.17. The summed E-state index contributed by atoms with van der Waals surface area (Å²) in [4.78, 5) is 2.44. The lowest BCUT2D eigenvalue weighted by molar-refractivity contribution is -0.0399. The van der Waals surface area contributed by atoms with Crippen molar-refractivity contribution in [2.45, 2.75) is 37.5 Å². The maximum absolute atomic E-state index is 2.62. The predicted octanol–water partition coefficient (Wildman–Crippen LogP) is 14.1. The van der Waals surface area contributed by atoms with Crippen LogP contribution in [0, 0.1) is 23.7 Å². The van der Waals surface area contributed by atoms with Crippen LogP contribution in [0.2, 0.25) is 0 Å². The molecular formula is C50H39NS. The van der Waals surface area contributed by atoms with Gasteiger partial charge in [0, 0.05) is 37.0 Å². The summed E-state index contributed by atoms with van der Waals surface area (Å²) in [5, 5.41) is 5.17. The van der Waals surface area contributed by atoms with Crippen molar-refractivity contribution in [3.05, 3.63) is 163 Å². The molecule has 0 atom stereocenters. The number of benzene rings is 7. The van der Waals surface area contributed by atoms with Gasteiger partial charge in [0.05, 0.1) is 5.69 Å². The van der Waals surface area contributed by atoms with Gasteiger partial charge in [0.25, 0.3) is 0 Å². The van der Waals surface area contributed by atoms with Crippen LogP contribution < -0.4 is 4.90 Å². The summed E-state index contributed by atoms with van der Waals surface area (Å²) in [6.45, 7) is 0. The zero-order valence-electron chi connectivity index (χ0n) is 29.1. The molecule has 0 N–H and O–H groups in total. The first-order chi connectivity index (χ1) is 25.7. The summed E-state index contributed by atoms with van der Waals surface area (Å²) in [6.07, 6.45) is 7.15. The Balaban J connectivity index is 0.974. The van der Waals surface area contributed by atoms with Crippen LogP contribution in [0.25, 0.3) is 53.2 Å². The molecule has 8 aromatic rings. The van der Waals surface area contributed by atoms with Crippen LogP contribution in [0.4, 0.5) is 17.1 Å². The monoisotopic (exact) mass is 685 g/mol. The van der Waals surface area contributed by atoms with Crippen LogP contribution in [-0.4, -0.2) is 0 Å². The fourth-order valence-electron chi connectivity index (χ4n) is 11.8. The fourth-order valence-corrected chi connectivity index (χ4v) is 13.0. The van der Waals surface area contributed by atoms with Crippen LogP contribution in [0.15, 0.2) is 152 Å². The Bertz CT molecular complexity index is 2690. The molecule has 4 saturated carbocycles. The number of thiophene rings is 1. The van der Waals surface area contributed by atoms with E-state index in [1.807, 2.05) is 11.3 Å². The van der Waals surface area contributed by atoms with E-state index in [9.17, 15) is 0 Å². The number of fused-ring (bicyclic) bond motifs is 7. The van der Waals surface area contributed by atoms with Crippen molar-refractivity contribution in [2.24, 2.45) is 23.7 Å². The minimum atomic E-state index is 0.193. The van der Waals surface area contributed by atoms with Gasteiger partial charge in [0.2, 0.25) is 0 Å². The van der Waals surface area contributed by atoms with E-state index in [1.54, 1.807) is 11.1 Å². The van der Waals surface area contributed by atoms with Crippen LogP contribution in [0.1, 0.15) is 43.2 Å². The topological polar surface area (TPSA) is 3.24 Å². The van der Waals surface area contributed by atoms with Crippen molar-refractivity contribution < 1.29 is 0 Å². The third-order valence-corrected chi connectivity index (χ3v) is 14.7. The first-order valence-electron chi connectivity index (χ1n) is 19.3. The maximum atomic E-state index is 2.62. The van der Waals surface area contributed by atoms with Crippen LogP contribution in [-0.2, 0) is 5.41 Å². The van der Waals surface area contributed by atoms with Gasteiger partial charge in [-0.25, -0.2) is 0 Å². The smallest absolute Gasteiger partial charge is 0.0554 e. The summed E-state index contributed by atoms with van der Waals surface area (Å²) in [5.74, 6) is 3.46. The van der Waals surface area contributed by atoms with E-state index >= 15 is 0 Å². The molecular weight excluding hydrogens is 647 g/mol. The molecule has 5 aliphatic carbocycles. The lowest BCUT2D eigenvalue weighted by Crippen LogP contribution is -2.55. The Hall–Kier alpha value is -5.18. The normalized spacial score (nSPS) is 23.8. The van der Waals surface area contributed by atoms with Gasteiger partial charge in [-0.3, -0.25) is 0 Å². The molecule has 0 radical (unpaired) electrons. The van der Waals surface area contributed by atoms with Gasteiger partial charge in [0.1, 0.15) is 0 Å². The molecule has 52 heavy (non-hydrogen) atoms. The van der Waals surface area contributed by atoms with Gasteiger partial charge < -0.3 is 4.90 Å². The first kappa shape index (κ1) is 29.4. The minimum Gasteiger partial charge on any atom is -0.310 e. The van der Waals surface area contributed by atoms with Crippen molar-refractivity contribution in [2.75, 3.05) is 4.90 Å². The summed E-state index contributed by atoms with van der Waals surface area (Å²) in [7, 11) is 0. The second-order valence-corrected chi connectivity index (χ2v) is 17.2. The molecule has 1 heterocycles. The van der Waals surface area contributed by atoms with E-state index in [0.717, 1.165) is 23.7 Å². The Morgan fingerprint density at radius 2 is 1.15 bits per heavy atom. The van der Waals surface area contributed by atoms with Gasteiger partial charge in [-0.15, -0.1) is 11.3 Å². The van der Waals surface area contributed by atoms with Crippen molar-refractivity contribution in [1.29, 1.82) is 0 Å². The summed E-state index contributed by atoms with van der Waals surface area (Å²) in [5.41, 5.74) is 12.7. The molecule has 4 bridgehead atoms. The molecule has 13 rings (SSSR count). The molecule has 5 aliphatic rings. The first-order valence-corrected chi connectivity index (χ1v) is 20.1. The lowest BCUT2D eigenvalue weighted by atomic mass is 9.43. The molecule has 4 fully saturated rings. The third kappa shape index (κ3) is 4.05. The predicted molar refractivity (Wildman–Crippen MR) is 220 cm³/mol. The van der Waals surface area contributed by atoms with Gasteiger partial charge in [-0.2, -0.15) is 0 Å². The van der Waals surface area contributed by atoms with Crippen molar-refractivity contribution in [1.82, 2.24) is 0 Å². The highest BCUT2D eigenvalue weighted by Crippen LogP contribution is 2.69.